The van der Waals surface area contributed by atoms with Crippen molar-refractivity contribution >= 4 is 38.9 Å². The fourth-order valence-corrected chi connectivity index (χ4v) is 3.13. The zero-order valence-electron chi connectivity index (χ0n) is 9.61. The van der Waals surface area contributed by atoms with E-state index in [0.29, 0.717) is 20.0 Å². The molecule has 1 amide bonds. The third kappa shape index (κ3) is 2.34. The maximum atomic E-state index is 13.1. The van der Waals surface area contributed by atoms with Crippen molar-refractivity contribution in [2.75, 3.05) is 20.2 Å². The molecule has 1 heterocycles. The van der Waals surface area contributed by atoms with E-state index in [1.807, 2.05) is 0 Å². The van der Waals surface area contributed by atoms with E-state index in [1.54, 1.807) is 13.1 Å². The fraction of sp³-hybridized carbons (Fsp3) is 0.250. The van der Waals surface area contributed by atoms with Gasteiger partial charge in [0.25, 0.3) is 5.91 Å². The first kappa shape index (κ1) is 13.3. The van der Waals surface area contributed by atoms with Gasteiger partial charge in [0.1, 0.15) is 10.7 Å². The number of carbonyl (C=O) groups excluding carboxylic acids is 1. The SMILES string of the molecule is CN(CCO)C(=O)c1sc2cc(F)ccc2c1Cl. The van der Waals surface area contributed by atoms with Crippen molar-refractivity contribution in [3.63, 3.8) is 0 Å². The number of rotatable bonds is 3. The molecule has 0 aliphatic heterocycles. The van der Waals surface area contributed by atoms with Gasteiger partial charge in [0.05, 0.1) is 11.6 Å². The Morgan fingerprint density at radius 1 is 1.56 bits per heavy atom. The summed E-state index contributed by atoms with van der Waals surface area (Å²) in [5.41, 5.74) is 0. The van der Waals surface area contributed by atoms with Crippen molar-refractivity contribution in [1.82, 2.24) is 4.90 Å². The Balaban J connectivity index is 2.45. The molecule has 96 valence electrons. The van der Waals surface area contributed by atoms with Gasteiger partial charge >= 0.3 is 0 Å². The highest BCUT2D eigenvalue weighted by molar-refractivity contribution is 7.21. The predicted octanol–water partition coefficient (Wildman–Crippen LogP) is 2.76. The smallest absolute Gasteiger partial charge is 0.265 e. The lowest BCUT2D eigenvalue weighted by Gasteiger charge is -2.14. The molecule has 1 N–H and O–H groups in total. The van der Waals surface area contributed by atoms with Gasteiger partial charge < -0.3 is 10.0 Å². The second-order valence-electron chi connectivity index (χ2n) is 3.84. The number of aliphatic hydroxyl groups is 1. The maximum absolute atomic E-state index is 13.1. The Hall–Kier alpha value is -1.17. The predicted molar refractivity (Wildman–Crippen MR) is 70.8 cm³/mol. The minimum Gasteiger partial charge on any atom is -0.395 e. The minimum atomic E-state index is -0.358. The van der Waals surface area contributed by atoms with Gasteiger partial charge in [0, 0.05) is 23.7 Å². The average Bonchev–Trinajstić information content (AvgIpc) is 2.65. The molecular weight excluding hydrogens is 277 g/mol. The summed E-state index contributed by atoms with van der Waals surface area (Å²) in [6.07, 6.45) is 0. The van der Waals surface area contributed by atoms with Crippen LogP contribution >= 0.6 is 22.9 Å². The van der Waals surface area contributed by atoms with Crippen LogP contribution in [-0.4, -0.2) is 36.1 Å². The molecule has 0 spiro atoms. The standard InChI is InChI=1S/C12H11ClFNO2S/c1-15(4-5-16)12(17)11-10(13)8-3-2-7(14)6-9(8)18-11/h2-3,6,16H,4-5H2,1H3. The molecule has 2 rings (SSSR count). The van der Waals surface area contributed by atoms with Gasteiger partial charge in [0.15, 0.2) is 0 Å². The highest BCUT2D eigenvalue weighted by Gasteiger charge is 2.20. The summed E-state index contributed by atoms with van der Waals surface area (Å²) in [6, 6.07) is 4.23. The maximum Gasteiger partial charge on any atom is 0.265 e. The third-order valence-corrected chi connectivity index (χ3v) is 4.21. The first-order valence-corrected chi connectivity index (χ1v) is 6.48. The van der Waals surface area contributed by atoms with E-state index in [4.69, 9.17) is 16.7 Å². The molecule has 3 nitrogen and oxygen atoms in total. The Labute approximate surface area is 112 Å². The van der Waals surface area contributed by atoms with Gasteiger partial charge in [-0.05, 0) is 18.2 Å². The topological polar surface area (TPSA) is 40.5 Å². The van der Waals surface area contributed by atoms with Crippen LogP contribution in [-0.2, 0) is 0 Å². The second-order valence-corrected chi connectivity index (χ2v) is 5.27. The molecule has 0 aliphatic rings. The molecule has 1 aromatic carbocycles. The summed E-state index contributed by atoms with van der Waals surface area (Å²) in [7, 11) is 1.58. The highest BCUT2D eigenvalue weighted by Crippen LogP contribution is 2.36. The zero-order chi connectivity index (χ0) is 13.3. The Kier molecular flexibility index (Phi) is 3.85. The van der Waals surface area contributed by atoms with Crippen molar-refractivity contribution in [2.45, 2.75) is 0 Å². The molecule has 18 heavy (non-hydrogen) atoms. The molecule has 0 bridgehead atoms. The minimum absolute atomic E-state index is 0.112. The summed E-state index contributed by atoms with van der Waals surface area (Å²) >= 11 is 7.28. The molecule has 0 radical (unpaired) electrons. The van der Waals surface area contributed by atoms with Crippen LogP contribution in [0.2, 0.25) is 5.02 Å². The largest absolute Gasteiger partial charge is 0.395 e. The van der Waals surface area contributed by atoms with Crippen LogP contribution in [0.5, 0.6) is 0 Å². The quantitative estimate of drug-likeness (QED) is 0.943. The fourth-order valence-electron chi connectivity index (χ4n) is 1.60. The Morgan fingerprint density at radius 3 is 2.94 bits per heavy atom. The van der Waals surface area contributed by atoms with E-state index < -0.39 is 0 Å². The first-order chi connectivity index (χ1) is 8.54. The molecule has 0 aliphatic carbocycles. The van der Waals surface area contributed by atoms with Crippen molar-refractivity contribution < 1.29 is 14.3 Å². The normalized spacial score (nSPS) is 10.9. The highest BCUT2D eigenvalue weighted by atomic mass is 35.5. The summed E-state index contributed by atoms with van der Waals surface area (Å²) in [4.78, 5) is 13.8. The van der Waals surface area contributed by atoms with E-state index in [9.17, 15) is 9.18 Å². The monoisotopic (exact) mass is 287 g/mol. The lowest BCUT2D eigenvalue weighted by atomic mass is 10.2. The number of hydrogen-bond acceptors (Lipinski definition) is 3. The summed E-state index contributed by atoms with van der Waals surface area (Å²) in [6.45, 7) is 0.122. The van der Waals surface area contributed by atoms with Crippen molar-refractivity contribution in [3.05, 3.63) is 33.9 Å². The van der Waals surface area contributed by atoms with E-state index in [-0.39, 0.29) is 24.9 Å². The number of benzene rings is 1. The molecule has 0 saturated carbocycles. The van der Waals surface area contributed by atoms with Crippen LogP contribution in [0.15, 0.2) is 18.2 Å². The molecule has 6 heteroatoms. The summed E-state index contributed by atoms with van der Waals surface area (Å²) in [5.74, 6) is -0.626. The van der Waals surface area contributed by atoms with E-state index >= 15 is 0 Å². The summed E-state index contributed by atoms with van der Waals surface area (Å²) < 4.78 is 13.7. The molecular formula is C12H11ClFNO2S. The average molecular weight is 288 g/mol. The number of halogens is 2. The number of nitrogens with zero attached hydrogens (tertiary/aromatic N) is 1. The number of hydrogen-bond donors (Lipinski definition) is 1. The van der Waals surface area contributed by atoms with Gasteiger partial charge in [-0.3, -0.25) is 4.79 Å². The lowest BCUT2D eigenvalue weighted by Crippen LogP contribution is -2.28. The van der Waals surface area contributed by atoms with Gasteiger partial charge in [-0.1, -0.05) is 11.6 Å². The van der Waals surface area contributed by atoms with Gasteiger partial charge in [-0.2, -0.15) is 0 Å². The molecule has 0 unspecified atom stereocenters. The second kappa shape index (κ2) is 5.22. The van der Waals surface area contributed by atoms with Gasteiger partial charge in [-0.25, -0.2) is 4.39 Å². The Morgan fingerprint density at radius 2 is 2.28 bits per heavy atom. The van der Waals surface area contributed by atoms with Crippen LogP contribution in [0.25, 0.3) is 10.1 Å². The van der Waals surface area contributed by atoms with Crippen LogP contribution < -0.4 is 0 Å². The third-order valence-electron chi connectivity index (χ3n) is 2.57. The molecule has 2 aromatic rings. The van der Waals surface area contributed by atoms with Crippen molar-refractivity contribution in [1.29, 1.82) is 0 Å². The van der Waals surface area contributed by atoms with E-state index in [0.717, 1.165) is 11.3 Å². The van der Waals surface area contributed by atoms with Gasteiger partial charge in [-0.15, -0.1) is 11.3 Å². The lowest BCUT2D eigenvalue weighted by molar-refractivity contribution is 0.0772. The number of fused-ring (bicyclic) bond motifs is 1. The van der Waals surface area contributed by atoms with Gasteiger partial charge in [0.2, 0.25) is 0 Å². The van der Waals surface area contributed by atoms with Crippen LogP contribution in [0.1, 0.15) is 9.67 Å². The number of likely N-dealkylation sites (N-methyl/N-ethyl adjacent to an activating group) is 1. The first-order valence-electron chi connectivity index (χ1n) is 5.28. The van der Waals surface area contributed by atoms with E-state index in [2.05, 4.69) is 0 Å². The number of carbonyl (C=O) groups is 1. The number of amides is 1. The Bertz CT molecular complexity index is 599. The number of thiophene rings is 1. The molecule has 1 aromatic heterocycles. The van der Waals surface area contributed by atoms with Crippen LogP contribution in [0.3, 0.4) is 0 Å². The van der Waals surface area contributed by atoms with Crippen LogP contribution in [0.4, 0.5) is 4.39 Å². The molecule has 0 fully saturated rings. The zero-order valence-corrected chi connectivity index (χ0v) is 11.2. The molecule has 0 saturated heterocycles. The van der Waals surface area contributed by atoms with Crippen molar-refractivity contribution in [3.8, 4) is 0 Å². The van der Waals surface area contributed by atoms with Crippen LogP contribution in [0, 0.1) is 5.82 Å². The number of aliphatic hydroxyl groups excluding tert-OH is 1. The molecule has 0 atom stereocenters. The van der Waals surface area contributed by atoms with E-state index in [1.165, 1.54) is 17.0 Å². The summed E-state index contributed by atoms with van der Waals surface area (Å²) in [5, 5.41) is 9.81. The van der Waals surface area contributed by atoms with Crippen molar-refractivity contribution in [2.24, 2.45) is 0 Å².